The zero-order valence-corrected chi connectivity index (χ0v) is 14.8. The maximum atomic E-state index is 13.2. The zero-order valence-electron chi connectivity index (χ0n) is 14.8. The number of nitrogens with one attached hydrogen (secondary N) is 2. The fourth-order valence-corrected chi connectivity index (χ4v) is 3.38. The predicted molar refractivity (Wildman–Crippen MR) is 95.4 cm³/mol. The Bertz CT molecular complexity index is 880. The molecule has 0 amide bonds. The van der Waals surface area contributed by atoms with Gasteiger partial charge < -0.3 is 9.72 Å². The summed E-state index contributed by atoms with van der Waals surface area (Å²) in [7, 11) is 0. The highest BCUT2D eigenvalue weighted by Crippen LogP contribution is 2.27. The van der Waals surface area contributed by atoms with E-state index in [0.717, 1.165) is 55.4 Å². The van der Waals surface area contributed by atoms with Gasteiger partial charge in [-0.05, 0) is 31.2 Å². The third-order valence-corrected chi connectivity index (χ3v) is 4.80. The number of aromatic amines is 2. The van der Waals surface area contributed by atoms with Crippen LogP contribution in [0, 0.1) is 11.6 Å². The third-order valence-electron chi connectivity index (χ3n) is 4.80. The first-order valence-corrected chi connectivity index (χ1v) is 9.00. The Hall–Kier alpha value is -2.74. The van der Waals surface area contributed by atoms with Crippen molar-refractivity contribution in [1.29, 1.82) is 0 Å². The van der Waals surface area contributed by atoms with Crippen LogP contribution in [-0.4, -0.2) is 44.8 Å². The second-order valence-corrected chi connectivity index (χ2v) is 6.75. The summed E-state index contributed by atoms with van der Waals surface area (Å²) in [6.45, 7) is 3.16. The lowest BCUT2D eigenvalue weighted by atomic mass is 10.0. The number of likely N-dealkylation sites (tertiary alicyclic amines) is 1. The van der Waals surface area contributed by atoms with Gasteiger partial charge in [0.25, 0.3) is 0 Å². The van der Waals surface area contributed by atoms with Gasteiger partial charge in [-0.2, -0.15) is 5.10 Å². The summed E-state index contributed by atoms with van der Waals surface area (Å²) in [6.07, 6.45) is 5.29. The van der Waals surface area contributed by atoms with Crippen molar-refractivity contribution in [3.63, 3.8) is 0 Å². The molecule has 3 aromatic rings. The molecule has 0 bridgehead atoms. The van der Waals surface area contributed by atoms with E-state index in [0.29, 0.717) is 24.7 Å². The summed E-state index contributed by atoms with van der Waals surface area (Å²) >= 11 is 0. The molecule has 0 saturated carbocycles. The molecule has 0 aliphatic carbocycles. The maximum Gasteiger partial charge on any atom is 0.162 e. The molecule has 1 aliphatic heterocycles. The molecule has 3 heterocycles. The van der Waals surface area contributed by atoms with Crippen LogP contribution >= 0.6 is 0 Å². The van der Waals surface area contributed by atoms with Crippen LogP contribution in [-0.2, 0) is 13.0 Å². The van der Waals surface area contributed by atoms with Crippen molar-refractivity contribution in [3.8, 4) is 5.75 Å². The van der Waals surface area contributed by atoms with Crippen molar-refractivity contribution in [2.75, 3.05) is 19.7 Å². The van der Waals surface area contributed by atoms with E-state index in [2.05, 4.69) is 31.1 Å². The van der Waals surface area contributed by atoms with Gasteiger partial charge in [0.1, 0.15) is 11.6 Å². The lowest BCUT2D eigenvalue weighted by molar-refractivity contribution is 0.317. The first kappa shape index (κ1) is 17.7. The second-order valence-electron chi connectivity index (χ2n) is 6.75. The van der Waals surface area contributed by atoms with Crippen LogP contribution in [0.4, 0.5) is 8.78 Å². The molecule has 6 nitrogen and oxygen atoms in total. The molecule has 1 aromatic carbocycles. The molecule has 2 aromatic heterocycles. The molecule has 1 saturated heterocycles. The Morgan fingerprint density at radius 1 is 1.22 bits per heavy atom. The van der Waals surface area contributed by atoms with Gasteiger partial charge in [-0.1, -0.05) is 0 Å². The maximum absolute atomic E-state index is 13.2. The number of hydrogen-bond donors (Lipinski definition) is 2. The average molecular weight is 373 g/mol. The van der Waals surface area contributed by atoms with E-state index < -0.39 is 11.6 Å². The van der Waals surface area contributed by atoms with Crippen LogP contribution in [0.5, 0.6) is 5.75 Å². The van der Waals surface area contributed by atoms with Crippen LogP contribution in [0.3, 0.4) is 0 Å². The molecule has 1 aliphatic rings. The molecule has 0 unspecified atom stereocenters. The minimum absolute atomic E-state index is 0.318. The van der Waals surface area contributed by atoms with Gasteiger partial charge in [0.05, 0.1) is 18.8 Å². The summed E-state index contributed by atoms with van der Waals surface area (Å²) in [6, 6.07) is 5.60. The number of rotatable bonds is 7. The van der Waals surface area contributed by atoms with E-state index in [1.54, 1.807) is 6.20 Å². The number of imidazole rings is 1. The first-order chi connectivity index (χ1) is 13.2. The molecular formula is C19H21F2N5O. The molecule has 0 radical (unpaired) electrons. The van der Waals surface area contributed by atoms with Crippen molar-refractivity contribution >= 4 is 0 Å². The molecule has 4 rings (SSSR count). The number of benzene rings is 1. The van der Waals surface area contributed by atoms with Crippen LogP contribution in [0.25, 0.3) is 0 Å². The second kappa shape index (κ2) is 7.87. The van der Waals surface area contributed by atoms with E-state index in [1.165, 1.54) is 6.07 Å². The van der Waals surface area contributed by atoms with Gasteiger partial charge in [0, 0.05) is 43.0 Å². The topological polar surface area (TPSA) is 69.8 Å². The Balaban J connectivity index is 1.26. The summed E-state index contributed by atoms with van der Waals surface area (Å²) in [5.41, 5.74) is 2.02. The smallest absolute Gasteiger partial charge is 0.162 e. The molecule has 2 N–H and O–H groups in total. The van der Waals surface area contributed by atoms with Crippen molar-refractivity contribution in [1.82, 2.24) is 25.1 Å². The predicted octanol–water partition coefficient (Wildman–Crippen LogP) is 3.02. The number of H-pyrrole nitrogens is 2. The number of ether oxygens (including phenoxy) is 1. The molecule has 0 spiro atoms. The molecule has 142 valence electrons. The Labute approximate surface area is 155 Å². The summed E-state index contributed by atoms with van der Waals surface area (Å²) in [4.78, 5) is 9.77. The van der Waals surface area contributed by atoms with Crippen molar-refractivity contribution in [3.05, 3.63) is 65.5 Å². The fourth-order valence-electron chi connectivity index (χ4n) is 3.38. The van der Waals surface area contributed by atoms with Gasteiger partial charge in [-0.3, -0.25) is 10.00 Å². The van der Waals surface area contributed by atoms with Gasteiger partial charge in [-0.25, -0.2) is 13.8 Å². The van der Waals surface area contributed by atoms with Gasteiger partial charge in [0.2, 0.25) is 0 Å². The quantitative estimate of drug-likeness (QED) is 0.668. The minimum atomic E-state index is -0.906. The Morgan fingerprint density at radius 2 is 2.15 bits per heavy atom. The fraction of sp³-hybridized carbons (Fsp3) is 0.368. The minimum Gasteiger partial charge on any atom is -0.493 e. The summed E-state index contributed by atoms with van der Waals surface area (Å²) in [5, 5.41) is 7.49. The van der Waals surface area contributed by atoms with Gasteiger partial charge >= 0.3 is 0 Å². The molecule has 27 heavy (non-hydrogen) atoms. The average Bonchev–Trinajstić information content (AvgIpc) is 3.40. The highest BCUT2D eigenvalue weighted by Gasteiger charge is 2.26. The standard InChI is InChI=1S/C19H21F2N5O/c20-16-2-1-15(10-17(16)21)27-8-4-14-9-18(25-24-14)13-3-7-26(11-13)12-19-22-5-6-23-19/h1-2,5-6,9-10,13H,3-4,7-8,11-12H2,(H,22,23)(H,24,25)/t13-/m0/s1. The number of aromatic nitrogens is 4. The molecule has 8 heteroatoms. The first-order valence-electron chi connectivity index (χ1n) is 9.00. The zero-order chi connectivity index (χ0) is 18.6. The van der Waals surface area contributed by atoms with E-state index >= 15 is 0 Å². The van der Waals surface area contributed by atoms with E-state index in [4.69, 9.17) is 4.74 Å². The van der Waals surface area contributed by atoms with Crippen LogP contribution in [0.15, 0.2) is 36.7 Å². The summed E-state index contributed by atoms with van der Waals surface area (Å²) in [5.74, 6) is -0.0855. The lowest BCUT2D eigenvalue weighted by Crippen LogP contribution is -2.20. The SMILES string of the molecule is Fc1ccc(OCCc2cc([C@H]3CCN(Cc4ncc[nH]4)C3)n[nH]2)cc1F. The largest absolute Gasteiger partial charge is 0.493 e. The Morgan fingerprint density at radius 3 is 2.96 bits per heavy atom. The van der Waals surface area contributed by atoms with Crippen LogP contribution < -0.4 is 4.74 Å². The third kappa shape index (κ3) is 4.33. The number of hydrogen-bond acceptors (Lipinski definition) is 4. The molecular weight excluding hydrogens is 352 g/mol. The van der Waals surface area contributed by atoms with E-state index in [9.17, 15) is 8.78 Å². The van der Waals surface area contributed by atoms with Crippen molar-refractivity contribution in [2.24, 2.45) is 0 Å². The molecule has 1 fully saturated rings. The summed E-state index contributed by atoms with van der Waals surface area (Å²) < 4.78 is 31.6. The van der Waals surface area contributed by atoms with Crippen molar-refractivity contribution < 1.29 is 13.5 Å². The van der Waals surface area contributed by atoms with E-state index in [1.807, 2.05) is 6.20 Å². The monoisotopic (exact) mass is 373 g/mol. The normalized spacial score (nSPS) is 17.5. The van der Waals surface area contributed by atoms with Crippen LogP contribution in [0.1, 0.15) is 29.6 Å². The Kier molecular flexibility index (Phi) is 5.15. The van der Waals surface area contributed by atoms with Gasteiger partial charge in [-0.15, -0.1) is 0 Å². The van der Waals surface area contributed by atoms with E-state index in [-0.39, 0.29) is 0 Å². The highest BCUT2D eigenvalue weighted by molar-refractivity contribution is 5.23. The highest BCUT2D eigenvalue weighted by atomic mass is 19.2. The van der Waals surface area contributed by atoms with Crippen LogP contribution in [0.2, 0.25) is 0 Å². The molecule has 1 atom stereocenters. The van der Waals surface area contributed by atoms with Crippen molar-refractivity contribution in [2.45, 2.75) is 25.3 Å². The van der Waals surface area contributed by atoms with Gasteiger partial charge in [0.15, 0.2) is 11.6 Å². The number of halogens is 2. The number of nitrogens with zero attached hydrogens (tertiary/aromatic N) is 3. The lowest BCUT2D eigenvalue weighted by Gasteiger charge is -2.13.